The minimum atomic E-state index is -1.13. The van der Waals surface area contributed by atoms with Gasteiger partial charge in [0.05, 0.1) is 18.6 Å². The number of allylic oxidation sites excluding steroid dienone is 2. The largest absolute Gasteiger partial charge is 0.460 e. The van der Waals surface area contributed by atoms with Gasteiger partial charge in [-0.1, -0.05) is 36.4 Å². The fraction of sp³-hybridized carbons (Fsp3) is 0.333. The number of aromatic nitrogens is 4. The van der Waals surface area contributed by atoms with Crippen LogP contribution in [0.1, 0.15) is 50.6 Å². The average molecular weight is 513 g/mol. The van der Waals surface area contributed by atoms with Gasteiger partial charge in [0.1, 0.15) is 17.2 Å². The number of esters is 1. The highest BCUT2D eigenvalue weighted by atomic mass is 19.1. The van der Waals surface area contributed by atoms with Crippen molar-refractivity contribution in [2.45, 2.75) is 51.4 Å². The predicted octanol–water partition coefficient (Wildman–Crippen LogP) is 3.85. The number of carbonyl (C=O) groups is 1. The van der Waals surface area contributed by atoms with Crippen LogP contribution in [0.5, 0.6) is 0 Å². The van der Waals surface area contributed by atoms with E-state index in [1.807, 2.05) is 0 Å². The lowest BCUT2D eigenvalue weighted by atomic mass is 9.91. The van der Waals surface area contributed by atoms with Gasteiger partial charge >= 0.3 is 5.97 Å². The molecule has 0 spiro atoms. The molecule has 0 bridgehead atoms. The number of aryl methyl sites for hydroxylation is 1. The molecule has 10 heteroatoms. The van der Waals surface area contributed by atoms with Crippen LogP contribution in [0.15, 0.2) is 60.7 Å². The van der Waals surface area contributed by atoms with Crippen molar-refractivity contribution in [1.29, 1.82) is 0 Å². The maximum atomic E-state index is 13.7. The number of halogens is 2. The molecular weight excluding hydrogens is 482 g/mol. The van der Waals surface area contributed by atoms with E-state index in [4.69, 9.17) is 4.74 Å². The second-order valence-electron chi connectivity index (χ2n) is 9.54. The van der Waals surface area contributed by atoms with Gasteiger partial charge in [-0.25, -0.2) is 13.5 Å². The molecule has 8 nitrogen and oxygen atoms in total. The second kappa shape index (κ2) is 12.0. The molecule has 0 amide bonds. The van der Waals surface area contributed by atoms with E-state index in [0.717, 1.165) is 0 Å². The molecule has 0 aliphatic rings. The molecule has 37 heavy (non-hydrogen) atoms. The summed E-state index contributed by atoms with van der Waals surface area (Å²) in [5.41, 5.74) is 1.56. The van der Waals surface area contributed by atoms with Gasteiger partial charge in [-0.3, -0.25) is 4.79 Å². The van der Waals surface area contributed by atoms with Crippen LogP contribution in [0.2, 0.25) is 0 Å². The number of rotatable bonds is 9. The van der Waals surface area contributed by atoms with Crippen molar-refractivity contribution in [3.05, 3.63) is 89.3 Å². The summed E-state index contributed by atoms with van der Waals surface area (Å²) in [4.78, 5) is 12.0. The first-order chi connectivity index (χ1) is 17.4. The van der Waals surface area contributed by atoms with Crippen molar-refractivity contribution in [2.75, 3.05) is 0 Å². The van der Waals surface area contributed by atoms with Crippen molar-refractivity contribution in [1.82, 2.24) is 20.2 Å². The van der Waals surface area contributed by atoms with Gasteiger partial charge in [0, 0.05) is 19.0 Å². The van der Waals surface area contributed by atoms with E-state index in [1.165, 1.54) is 35.0 Å². The van der Waals surface area contributed by atoms with Crippen molar-refractivity contribution >= 4 is 17.1 Å². The molecule has 1 heterocycles. The van der Waals surface area contributed by atoms with Crippen LogP contribution in [0.4, 0.5) is 8.78 Å². The van der Waals surface area contributed by atoms with Crippen molar-refractivity contribution in [3.8, 4) is 0 Å². The monoisotopic (exact) mass is 512 g/mol. The standard InChI is InChI=1S/C27H30F2N4O4/c1-27(2,3)37-24(36)16-22(35)15-21(34)13-14-23(26-30-31-32-33(26)4)25(17-5-9-19(28)10-6-17)18-7-11-20(29)12-8-18/h5-14,21-22,34-35H,15-16H2,1-4H3/t21-,22-/m1/s1. The van der Waals surface area contributed by atoms with Gasteiger partial charge in [-0.15, -0.1) is 5.10 Å². The van der Waals surface area contributed by atoms with Gasteiger partial charge in [-0.05, 0) is 72.2 Å². The number of hydrogen-bond donors (Lipinski definition) is 2. The third kappa shape index (κ3) is 8.12. The topological polar surface area (TPSA) is 110 Å². The first-order valence-corrected chi connectivity index (χ1v) is 11.7. The Hall–Kier alpha value is -3.76. The molecule has 0 saturated carbocycles. The number of carbonyl (C=O) groups excluding carboxylic acids is 1. The Morgan fingerprint density at radius 1 is 1.03 bits per heavy atom. The first-order valence-electron chi connectivity index (χ1n) is 11.7. The lowest BCUT2D eigenvalue weighted by molar-refractivity contribution is -0.157. The Kier molecular flexibility index (Phi) is 9.01. The minimum absolute atomic E-state index is 0.123. The summed E-state index contributed by atoms with van der Waals surface area (Å²) in [5.74, 6) is -1.08. The van der Waals surface area contributed by atoms with E-state index >= 15 is 0 Å². The summed E-state index contributed by atoms with van der Waals surface area (Å²) < 4.78 is 34.0. The fourth-order valence-electron chi connectivity index (χ4n) is 3.66. The summed E-state index contributed by atoms with van der Waals surface area (Å²) in [7, 11) is 1.64. The van der Waals surface area contributed by atoms with E-state index in [9.17, 15) is 23.8 Å². The number of hydrogen-bond acceptors (Lipinski definition) is 7. The van der Waals surface area contributed by atoms with Crippen molar-refractivity contribution in [2.24, 2.45) is 7.05 Å². The molecule has 0 saturated heterocycles. The molecule has 0 aliphatic heterocycles. The molecule has 0 fully saturated rings. The van der Waals surface area contributed by atoms with Crippen LogP contribution in [-0.4, -0.2) is 54.2 Å². The van der Waals surface area contributed by atoms with E-state index in [1.54, 1.807) is 58.2 Å². The van der Waals surface area contributed by atoms with Crippen LogP contribution in [0, 0.1) is 11.6 Å². The molecule has 0 aliphatic carbocycles. The molecule has 0 unspecified atom stereocenters. The average Bonchev–Trinajstić information content (AvgIpc) is 3.22. The molecule has 2 aromatic carbocycles. The van der Waals surface area contributed by atoms with Crippen LogP contribution in [-0.2, 0) is 16.6 Å². The molecule has 3 rings (SSSR count). The zero-order valence-electron chi connectivity index (χ0n) is 21.1. The van der Waals surface area contributed by atoms with Crippen molar-refractivity contribution in [3.63, 3.8) is 0 Å². The third-order valence-electron chi connectivity index (χ3n) is 5.22. The number of aliphatic hydroxyl groups is 2. The second-order valence-corrected chi connectivity index (χ2v) is 9.54. The Labute approximate surface area is 213 Å². The summed E-state index contributed by atoms with van der Waals surface area (Å²) in [6, 6.07) is 11.5. The Bertz CT molecular complexity index is 1220. The lowest BCUT2D eigenvalue weighted by Gasteiger charge is -2.21. The zero-order valence-corrected chi connectivity index (χ0v) is 21.1. The third-order valence-corrected chi connectivity index (χ3v) is 5.22. The van der Waals surface area contributed by atoms with Crippen LogP contribution >= 0.6 is 0 Å². The molecule has 1 aromatic heterocycles. The summed E-state index contributed by atoms with van der Waals surface area (Å²) in [6.07, 6.45) is 0.369. The highest BCUT2D eigenvalue weighted by Gasteiger charge is 2.21. The summed E-state index contributed by atoms with van der Waals surface area (Å²) in [5, 5.41) is 32.6. The van der Waals surface area contributed by atoms with E-state index in [2.05, 4.69) is 15.5 Å². The summed E-state index contributed by atoms with van der Waals surface area (Å²) >= 11 is 0. The molecular formula is C27H30F2N4O4. The van der Waals surface area contributed by atoms with Gasteiger partial charge in [-0.2, -0.15) is 0 Å². The number of benzene rings is 2. The zero-order chi connectivity index (χ0) is 27.2. The predicted molar refractivity (Wildman–Crippen MR) is 134 cm³/mol. The molecule has 196 valence electrons. The smallest absolute Gasteiger partial charge is 0.308 e. The Morgan fingerprint density at radius 2 is 1.57 bits per heavy atom. The van der Waals surface area contributed by atoms with Gasteiger partial charge in [0.2, 0.25) is 0 Å². The van der Waals surface area contributed by atoms with E-state index in [0.29, 0.717) is 28.1 Å². The highest BCUT2D eigenvalue weighted by Crippen LogP contribution is 2.33. The molecule has 0 radical (unpaired) electrons. The maximum absolute atomic E-state index is 13.7. The normalized spacial score (nSPS) is 13.4. The Morgan fingerprint density at radius 3 is 2.03 bits per heavy atom. The van der Waals surface area contributed by atoms with E-state index < -0.39 is 35.4 Å². The van der Waals surface area contributed by atoms with Crippen LogP contribution in [0.3, 0.4) is 0 Å². The summed E-state index contributed by atoms with van der Waals surface area (Å²) in [6.45, 7) is 5.18. The van der Waals surface area contributed by atoms with E-state index in [-0.39, 0.29) is 12.8 Å². The van der Waals surface area contributed by atoms with Crippen molar-refractivity contribution < 1.29 is 28.5 Å². The maximum Gasteiger partial charge on any atom is 0.308 e. The SMILES string of the molecule is Cn1nnnc1C(C=C[C@@H](O)C[C@@H](O)CC(=O)OC(C)(C)C)=C(c1ccc(F)cc1)c1ccc(F)cc1. The molecule has 2 N–H and O–H groups in total. The Balaban J connectivity index is 1.99. The number of tetrazole rings is 1. The molecule has 3 aromatic rings. The minimum Gasteiger partial charge on any atom is -0.460 e. The molecule has 2 atom stereocenters. The lowest BCUT2D eigenvalue weighted by Crippen LogP contribution is -2.27. The first kappa shape index (κ1) is 27.8. The highest BCUT2D eigenvalue weighted by molar-refractivity contribution is 6.00. The fourth-order valence-corrected chi connectivity index (χ4v) is 3.66. The van der Waals surface area contributed by atoms with Gasteiger partial charge in [0.25, 0.3) is 0 Å². The number of nitrogens with zero attached hydrogens (tertiary/aromatic N) is 4. The number of ether oxygens (including phenoxy) is 1. The van der Waals surface area contributed by atoms with Crippen LogP contribution < -0.4 is 0 Å². The van der Waals surface area contributed by atoms with Crippen LogP contribution in [0.25, 0.3) is 11.1 Å². The van der Waals surface area contributed by atoms with Gasteiger partial charge in [0.15, 0.2) is 5.82 Å². The quantitative estimate of drug-likeness (QED) is 0.331. The number of aliphatic hydroxyl groups excluding tert-OH is 2. The van der Waals surface area contributed by atoms with Gasteiger partial charge < -0.3 is 14.9 Å².